The number of aliphatic hydroxyl groups excluding tert-OH is 1. The summed E-state index contributed by atoms with van der Waals surface area (Å²) in [6.07, 6.45) is 11.6. The third-order valence-electron chi connectivity index (χ3n) is 6.80. The van der Waals surface area contributed by atoms with Gasteiger partial charge in [-0.2, -0.15) is 0 Å². The third kappa shape index (κ3) is 5.53. The number of ketones is 1. The molecule has 1 heterocycles. The molecule has 5 nitrogen and oxygen atoms in total. The van der Waals surface area contributed by atoms with Crippen LogP contribution in [-0.2, 0) is 14.4 Å². The number of hydrogen-bond donors (Lipinski definition) is 2. The molecule has 0 amide bonds. The minimum Gasteiger partial charge on any atom is -0.392 e. The van der Waals surface area contributed by atoms with Crippen LogP contribution in [0.25, 0.3) is 0 Å². The lowest BCUT2D eigenvalue weighted by atomic mass is 9.66. The fourth-order valence-electron chi connectivity index (χ4n) is 5.24. The monoisotopic (exact) mass is 428 g/mol. The van der Waals surface area contributed by atoms with Gasteiger partial charge in [-0.1, -0.05) is 29.9 Å². The largest absolute Gasteiger partial charge is 0.392 e. The molecule has 2 N–H and O–H groups in total. The first-order valence-electron chi connectivity index (χ1n) is 11.2. The van der Waals surface area contributed by atoms with Gasteiger partial charge >= 0.3 is 0 Å². The Morgan fingerprint density at radius 3 is 2.74 bits per heavy atom. The molecule has 0 saturated carbocycles. The summed E-state index contributed by atoms with van der Waals surface area (Å²) in [5.41, 5.74) is 4.40. The number of fused-ring (bicyclic) bond motifs is 1. The molecule has 1 spiro atoms. The topological polar surface area (TPSA) is 76.0 Å². The van der Waals surface area contributed by atoms with Crippen molar-refractivity contribution in [1.29, 1.82) is 0 Å². The van der Waals surface area contributed by atoms with E-state index in [0.29, 0.717) is 12.8 Å². The second kappa shape index (κ2) is 9.78. The molecule has 31 heavy (non-hydrogen) atoms. The van der Waals surface area contributed by atoms with Crippen LogP contribution in [0.2, 0.25) is 0 Å². The summed E-state index contributed by atoms with van der Waals surface area (Å²) in [7, 11) is 0. The number of carbonyl (C=O) groups excluding carboxylic acids is 1. The molecule has 1 aliphatic heterocycles. The fourth-order valence-corrected chi connectivity index (χ4v) is 5.24. The summed E-state index contributed by atoms with van der Waals surface area (Å²) >= 11 is 0. The van der Waals surface area contributed by atoms with Gasteiger partial charge < -0.3 is 9.84 Å². The van der Waals surface area contributed by atoms with Gasteiger partial charge in [0.2, 0.25) is 0 Å². The Balaban J connectivity index is 1.80. The highest BCUT2D eigenvalue weighted by Gasteiger charge is 2.44. The predicted octanol–water partition coefficient (Wildman–Crippen LogP) is 5.10. The molecule has 0 aromatic rings. The van der Waals surface area contributed by atoms with Gasteiger partial charge in [-0.25, -0.2) is 4.89 Å². The van der Waals surface area contributed by atoms with Crippen molar-refractivity contribution in [1.82, 2.24) is 0 Å². The summed E-state index contributed by atoms with van der Waals surface area (Å²) in [5, 5.41) is 19.1. The van der Waals surface area contributed by atoms with Gasteiger partial charge in [-0.3, -0.25) is 10.1 Å². The standard InChI is InChI=1S/C26H36O5/c1-16(2)25(31-29)7-6-17(3)8-22-9-18(4)12-26(30-22)13-20-10-19(5)24(28)11-23(20)21(14-26)15-27/h8,10,12,14,20,22-23,25,27,29H,1,6-7,9,11,13,15H2,2-5H3/b17-8+/t20-,22+,23-,25+,26-/m0/s1. The predicted molar refractivity (Wildman–Crippen MR) is 121 cm³/mol. The first kappa shape index (κ1) is 23.9. The Morgan fingerprint density at radius 1 is 1.35 bits per heavy atom. The molecule has 3 aliphatic rings. The van der Waals surface area contributed by atoms with Crippen LogP contribution in [0, 0.1) is 11.8 Å². The van der Waals surface area contributed by atoms with Gasteiger partial charge in [0.25, 0.3) is 0 Å². The van der Waals surface area contributed by atoms with Gasteiger partial charge in [0, 0.05) is 6.42 Å². The van der Waals surface area contributed by atoms with Crippen LogP contribution >= 0.6 is 0 Å². The Hall–Kier alpha value is -1.79. The molecule has 0 unspecified atom stereocenters. The lowest BCUT2D eigenvalue weighted by molar-refractivity contribution is -0.269. The van der Waals surface area contributed by atoms with E-state index in [1.807, 2.05) is 13.8 Å². The van der Waals surface area contributed by atoms with Crippen molar-refractivity contribution in [2.24, 2.45) is 11.8 Å². The molecule has 5 atom stereocenters. The van der Waals surface area contributed by atoms with Crippen molar-refractivity contribution in [2.45, 2.75) is 77.6 Å². The maximum atomic E-state index is 12.2. The van der Waals surface area contributed by atoms with Crippen molar-refractivity contribution in [3.05, 3.63) is 58.7 Å². The first-order chi connectivity index (χ1) is 14.7. The maximum Gasteiger partial charge on any atom is 0.158 e. The first-order valence-corrected chi connectivity index (χ1v) is 11.2. The number of hydrogen-bond acceptors (Lipinski definition) is 5. The van der Waals surface area contributed by atoms with Crippen molar-refractivity contribution in [2.75, 3.05) is 6.61 Å². The smallest absolute Gasteiger partial charge is 0.158 e. The highest BCUT2D eigenvalue weighted by molar-refractivity contribution is 5.96. The Morgan fingerprint density at radius 2 is 2.10 bits per heavy atom. The number of allylic oxidation sites excluding steroid dienone is 3. The minimum absolute atomic E-state index is 0.0533. The second-order valence-electron chi connectivity index (χ2n) is 9.63. The highest BCUT2D eigenvalue weighted by atomic mass is 17.1. The molecule has 0 saturated heterocycles. The van der Waals surface area contributed by atoms with Gasteiger partial charge in [0.1, 0.15) is 11.7 Å². The van der Waals surface area contributed by atoms with Gasteiger partial charge in [-0.05, 0) is 94.1 Å². The van der Waals surface area contributed by atoms with E-state index in [2.05, 4.69) is 49.6 Å². The number of carbonyl (C=O) groups is 1. The van der Waals surface area contributed by atoms with E-state index in [-0.39, 0.29) is 36.4 Å². The average molecular weight is 429 g/mol. The summed E-state index contributed by atoms with van der Waals surface area (Å²) < 4.78 is 6.63. The highest BCUT2D eigenvalue weighted by Crippen LogP contribution is 2.46. The van der Waals surface area contributed by atoms with Crippen LogP contribution in [0.1, 0.15) is 59.8 Å². The van der Waals surface area contributed by atoms with Crippen LogP contribution in [-0.4, -0.2) is 40.6 Å². The van der Waals surface area contributed by atoms with E-state index in [9.17, 15) is 9.90 Å². The molecule has 0 fully saturated rings. The molecule has 3 rings (SSSR count). The van der Waals surface area contributed by atoms with Crippen molar-refractivity contribution >= 4 is 5.78 Å². The van der Waals surface area contributed by atoms with E-state index in [1.165, 1.54) is 11.1 Å². The van der Waals surface area contributed by atoms with Crippen molar-refractivity contribution < 1.29 is 24.8 Å². The summed E-state index contributed by atoms with van der Waals surface area (Å²) in [5.74, 6) is 0.430. The van der Waals surface area contributed by atoms with E-state index in [0.717, 1.165) is 36.0 Å². The van der Waals surface area contributed by atoms with Gasteiger partial charge in [-0.15, -0.1) is 0 Å². The second-order valence-corrected chi connectivity index (χ2v) is 9.63. The van der Waals surface area contributed by atoms with Crippen LogP contribution < -0.4 is 0 Å². The molecule has 2 aliphatic carbocycles. The molecule has 0 radical (unpaired) electrons. The molecule has 170 valence electrons. The van der Waals surface area contributed by atoms with Crippen molar-refractivity contribution in [3.8, 4) is 0 Å². The van der Waals surface area contributed by atoms with Crippen LogP contribution in [0.5, 0.6) is 0 Å². The van der Waals surface area contributed by atoms with E-state index >= 15 is 0 Å². The lowest BCUT2D eigenvalue weighted by Gasteiger charge is -2.45. The third-order valence-corrected chi connectivity index (χ3v) is 6.80. The van der Waals surface area contributed by atoms with Crippen molar-refractivity contribution in [3.63, 3.8) is 0 Å². The van der Waals surface area contributed by atoms with Gasteiger partial charge in [0.05, 0.1) is 12.7 Å². The maximum absolute atomic E-state index is 12.2. The molecule has 0 bridgehead atoms. The average Bonchev–Trinajstić information content (AvgIpc) is 2.68. The van der Waals surface area contributed by atoms with Crippen LogP contribution in [0.15, 0.2) is 58.7 Å². The van der Waals surface area contributed by atoms with Crippen LogP contribution in [0.3, 0.4) is 0 Å². The summed E-state index contributed by atoms with van der Waals surface area (Å²) in [4.78, 5) is 16.7. The van der Waals surface area contributed by atoms with E-state index < -0.39 is 5.60 Å². The molecule has 5 heteroatoms. The molecule has 0 aromatic heterocycles. The number of Topliss-reactive ketones (excluding diaryl/α,β-unsaturated/α-hetero) is 1. The zero-order valence-electron chi connectivity index (χ0n) is 19.2. The number of aliphatic hydroxyl groups is 1. The Bertz CT molecular complexity index is 846. The Kier molecular flexibility index (Phi) is 7.53. The molecule has 0 aromatic carbocycles. The SMILES string of the molecule is C=C(C)[C@@H](CC/C(C)=C/[C@@H]1CC(C)=C[C@]2(C=C(CO)[C@H]3CC(=O)C(C)=C[C@H]3C2)O1)OO. The molecular formula is C26H36O5. The Labute approximate surface area is 185 Å². The summed E-state index contributed by atoms with van der Waals surface area (Å²) in [6, 6.07) is 0. The number of ether oxygens (including phenoxy) is 1. The molecular weight excluding hydrogens is 392 g/mol. The van der Waals surface area contributed by atoms with E-state index in [4.69, 9.17) is 9.99 Å². The fraction of sp³-hybridized carbons (Fsp3) is 0.577. The quantitative estimate of drug-likeness (QED) is 0.335. The number of rotatable bonds is 7. The van der Waals surface area contributed by atoms with Crippen LogP contribution in [0.4, 0.5) is 0 Å². The van der Waals surface area contributed by atoms with Gasteiger partial charge in [0.15, 0.2) is 5.78 Å². The summed E-state index contributed by atoms with van der Waals surface area (Å²) in [6.45, 7) is 11.7. The normalized spacial score (nSPS) is 32.2. The zero-order chi connectivity index (χ0) is 22.8. The minimum atomic E-state index is -0.561. The zero-order valence-corrected chi connectivity index (χ0v) is 19.2. The van der Waals surface area contributed by atoms with E-state index in [1.54, 1.807) is 0 Å². The lowest BCUT2D eigenvalue weighted by Crippen LogP contribution is -2.44.